The molecule has 10 heteroatoms. The molecular formula is C21H14F3N3O2S2. The second kappa shape index (κ2) is 8.56. The number of para-hydroxylation sites is 2. The zero-order chi connectivity index (χ0) is 22.0. The molecule has 0 fully saturated rings. The highest BCUT2D eigenvalue weighted by atomic mass is 32.2. The van der Waals surface area contributed by atoms with Crippen molar-refractivity contribution in [3.05, 3.63) is 82.0 Å². The molecule has 4 aromatic rings. The Morgan fingerprint density at radius 1 is 1.06 bits per heavy atom. The first-order chi connectivity index (χ1) is 14.8. The number of halogens is 3. The summed E-state index contributed by atoms with van der Waals surface area (Å²) in [6, 6.07) is 15.3. The molecule has 31 heavy (non-hydrogen) atoms. The molecule has 0 saturated carbocycles. The van der Waals surface area contributed by atoms with Gasteiger partial charge in [0, 0.05) is 0 Å². The van der Waals surface area contributed by atoms with Gasteiger partial charge < -0.3 is 5.32 Å². The van der Waals surface area contributed by atoms with Gasteiger partial charge >= 0.3 is 6.18 Å². The summed E-state index contributed by atoms with van der Waals surface area (Å²) in [5.41, 5.74) is -0.417. The summed E-state index contributed by atoms with van der Waals surface area (Å²) >= 11 is 2.25. The average Bonchev–Trinajstić information content (AvgIpc) is 3.21. The van der Waals surface area contributed by atoms with Crippen LogP contribution in [0.2, 0.25) is 0 Å². The van der Waals surface area contributed by atoms with Crippen molar-refractivity contribution in [2.24, 2.45) is 0 Å². The molecule has 0 aliphatic carbocycles. The number of rotatable bonds is 5. The van der Waals surface area contributed by atoms with Crippen molar-refractivity contribution in [1.82, 2.24) is 9.55 Å². The molecule has 0 unspecified atom stereocenters. The van der Waals surface area contributed by atoms with Crippen LogP contribution in [0.5, 0.6) is 0 Å². The summed E-state index contributed by atoms with van der Waals surface area (Å²) in [6.45, 7) is 0. The van der Waals surface area contributed by atoms with Crippen molar-refractivity contribution in [3.63, 3.8) is 0 Å². The third-order valence-electron chi connectivity index (χ3n) is 4.30. The molecule has 1 amide bonds. The summed E-state index contributed by atoms with van der Waals surface area (Å²) in [6.07, 6.45) is -4.59. The van der Waals surface area contributed by atoms with Crippen LogP contribution in [-0.4, -0.2) is 21.2 Å². The maximum atomic E-state index is 13.1. The first-order valence-corrected chi connectivity index (χ1v) is 10.9. The third-order valence-corrected chi connectivity index (χ3v) is 6.13. The fourth-order valence-electron chi connectivity index (χ4n) is 2.95. The molecule has 4 rings (SSSR count). The Labute approximate surface area is 182 Å². The Morgan fingerprint density at radius 2 is 1.77 bits per heavy atom. The molecule has 0 atom stereocenters. The van der Waals surface area contributed by atoms with E-state index in [0.29, 0.717) is 15.9 Å². The maximum absolute atomic E-state index is 13.1. The van der Waals surface area contributed by atoms with Crippen LogP contribution in [0.1, 0.15) is 5.56 Å². The first kappa shape index (κ1) is 21.1. The minimum absolute atomic E-state index is 0.221. The molecule has 158 valence electrons. The molecule has 0 aliphatic heterocycles. The Hall–Kier alpha value is -3.11. The minimum atomic E-state index is -4.59. The molecule has 5 nitrogen and oxygen atoms in total. The molecule has 2 aromatic heterocycles. The van der Waals surface area contributed by atoms with E-state index in [1.54, 1.807) is 35.7 Å². The van der Waals surface area contributed by atoms with E-state index in [1.165, 1.54) is 34.1 Å². The Balaban J connectivity index is 1.62. The lowest BCUT2D eigenvalue weighted by molar-refractivity contribution is -0.137. The molecular weight excluding hydrogens is 447 g/mol. The van der Waals surface area contributed by atoms with Gasteiger partial charge in [0.15, 0.2) is 5.16 Å². The van der Waals surface area contributed by atoms with Gasteiger partial charge in [-0.25, -0.2) is 4.98 Å². The number of carbonyl (C=O) groups excluding carboxylic acids is 1. The van der Waals surface area contributed by atoms with E-state index in [4.69, 9.17) is 0 Å². The van der Waals surface area contributed by atoms with Gasteiger partial charge in [-0.05, 0) is 35.7 Å². The topological polar surface area (TPSA) is 64.0 Å². The molecule has 0 aliphatic rings. The van der Waals surface area contributed by atoms with E-state index in [0.717, 1.165) is 17.8 Å². The number of benzene rings is 2. The average molecular weight is 461 g/mol. The highest BCUT2D eigenvalue weighted by molar-refractivity contribution is 7.99. The summed E-state index contributed by atoms with van der Waals surface area (Å²) < 4.78 is 41.3. The monoisotopic (exact) mass is 461 g/mol. The van der Waals surface area contributed by atoms with Gasteiger partial charge in [-0.1, -0.05) is 42.1 Å². The number of thiophene rings is 1. The van der Waals surface area contributed by atoms with Crippen molar-refractivity contribution in [3.8, 4) is 5.69 Å². The fraction of sp³-hybridized carbons (Fsp3) is 0.0952. The number of hydrogen-bond acceptors (Lipinski definition) is 5. The number of nitrogens with one attached hydrogen (secondary N) is 1. The van der Waals surface area contributed by atoms with E-state index in [-0.39, 0.29) is 22.2 Å². The Bertz CT molecular complexity index is 1300. The first-order valence-electron chi connectivity index (χ1n) is 8.99. The van der Waals surface area contributed by atoms with Gasteiger partial charge in [0.05, 0.1) is 28.2 Å². The van der Waals surface area contributed by atoms with E-state index in [2.05, 4.69) is 10.3 Å². The minimum Gasteiger partial charge on any atom is -0.325 e. The molecule has 0 spiro atoms. The van der Waals surface area contributed by atoms with Crippen LogP contribution in [0.3, 0.4) is 0 Å². The summed E-state index contributed by atoms with van der Waals surface area (Å²) in [4.78, 5) is 29.9. The van der Waals surface area contributed by atoms with Crippen LogP contribution >= 0.6 is 23.1 Å². The number of nitrogens with zero attached hydrogens (tertiary/aromatic N) is 2. The normalized spacial score (nSPS) is 11.6. The van der Waals surface area contributed by atoms with E-state index >= 15 is 0 Å². The van der Waals surface area contributed by atoms with Crippen molar-refractivity contribution < 1.29 is 18.0 Å². The van der Waals surface area contributed by atoms with E-state index < -0.39 is 17.6 Å². The number of anilines is 1. The zero-order valence-corrected chi connectivity index (χ0v) is 17.4. The van der Waals surface area contributed by atoms with Gasteiger partial charge in [0.1, 0.15) is 4.70 Å². The lowest BCUT2D eigenvalue weighted by Gasteiger charge is -2.14. The van der Waals surface area contributed by atoms with Gasteiger partial charge in [-0.2, -0.15) is 13.2 Å². The summed E-state index contributed by atoms with van der Waals surface area (Å²) in [5.74, 6) is -0.859. The van der Waals surface area contributed by atoms with Gasteiger partial charge in [0.2, 0.25) is 5.91 Å². The predicted molar refractivity (Wildman–Crippen MR) is 116 cm³/mol. The van der Waals surface area contributed by atoms with Crippen LogP contribution in [-0.2, 0) is 11.0 Å². The number of aromatic nitrogens is 2. The highest BCUT2D eigenvalue weighted by Gasteiger charge is 2.33. The Morgan fingerprint density at radius 3 is 2.52 bits per heavy atom. The molecule has 2 aromatic carbocycles. The summed E-state index contributed by atoms with van der Waals surface area (Å²) in [7, 11) is 0. The van der Waals surface area contributed by atoms with Crippen LogP contribution < -0.4 is 10.9 Å². The molecule has 1 N–H and O–H groups in total. The molecule has 0 saturated heterocycles. The number of hydrogen-bond donors (Lipinski definition) is 1. The third kappa shape index (κ3) is 4.49. The largest absolute Gasteiger partial charge is 0.418 e. The van der Waals surface area contributed by atoms with Crippen LogP contribution in [0.15, 0.2) is 76.0 Å². The summed E-state index contributed by atoms with van der Waals surface area (Å²) in [5, 5.41) is 4.33. The Kier molecular flexibility index (Phi) is 5.84. The van der Waals surface area contributed by atoms with E-state index in [1.807, 2.05) is 6.07 Å². The van der Waals surface area contributed by atoms with Crippen molar-refractivity contribution >= 4 is 44.9 Å². The number of thioether (sulfide) groups is 1. The predicted octanol–water partition coefficient (Wildman–Crippen LogP) is 5.20. The van der Waals surface area contributed by atoms with E-state index in [9.17, 15) is 22.8 Å². The number of fused-ring (bicyclic) bond motifs is 1. The highest BCUT2D eigenvalue weighted by Crippen LogP contribution is 2.34. The standard InChI is InChI=1S/C21H14F3N3O2S2/c22-21(23,24)14-8-4-5-9-15(14)25-17(28)12-31-20-26-16-10-11-30-18(16)19(29)27(20)13-6-2-1-3-7-13/h1-11H,12H2,(H,25,28). The van der Waals surface area contributed by atoms with Crippen molar-refractivity contribution in [2.75, 3.05) is 11.1 Å². The molecule has 0 radical (unpaired) electrons. The van der Waals surface area contributed by atoms with Gasteiger partial charge in [-0.15, -0.1) is 11.3 Å². The molecule has 2 heterocycles. The quantitative estimate of drug-likeness (QED) is 0.328. The van der Waals surface area contributed by atoms with Crippen LogP contribution in [0.25, 0.3) is 15.9 Å². The smallest absolute Gasteiger partial charge is 0.325 e. The second-order valence-electron chi connectivity index (χ2n) is 6.39. The van der Waals surface area contributed by atoms with Crippen molar-refractivity contribution in [2.45, 2.75) is 11.3 Å². The number of carbonyl (C=O) groups is 1. The van der Waals surface area contributed by atoms with Gasteiger partial charge in [-0.3, -0.25) is 14.2 Å². The number of amides is 1. The fourth-order valence-corrected chi connectivity index (χ4v) is 4.52. The molecule has 0 bridgehead atoms. The van der Waals surface area contributed by atoms with Crippen molar-refractivity contribution in [1.29, 1.82) is 0 Å². The SMILES string of the molecule is O=C(CSc1nc2ccsc2c(=O)n1-c1ccccc1)Nc1ccccc1C(F)(F)F. The van der Waals surface area contributed by atoms with Gasteiger partial charge in [0.25, 0.3) is 5.56 Å². The number of alkyl halides is 3. The van der Waals surface area contributed by atoms with Crippen LogP contribution in [0.4, 0.5) is 18.9 Å². The van der Waals surface area contributed by atoms with Crippen LogP contribution in [0, 0.1) is 0 Å². The zero-order valence-electron chi connectivity index (χ0n) is 15.7. The lowest BCUT2D eigenvalue weighted by atomic mass is 10.1. The maximum Gasteiger partial charge on any atom is 0.418 e. The second-order valence-corrected chi connectivity index (χ2v) is 8.24. The lowest BCUT2D eigenvalue weighted by Crippen LogP contribution is -2.22.